The number of aromatic nitrogens is 1. The molecule has 0 aliphatic carbocycles. The first kappa shape index (κ1) is 17.9. The normalized spacial score (nSPS) is 10.6. The first-order valence-electron chi connectivity index (χ1n) is 5.73. The molecule has 1 aromatic heterocycles. The summed E-state index contributed by atoms with van der Waals surface area (Å²) in [6.07, 6.45) is 1.70. The second-order valence-electron chi connectivity index (χ2n) is 3.52. The molecule has 108 valence electrons. The van der Waals surface area contributed by atoms with E-state index in [0.717, 1.165) is 11.5 Å². The Hall–Kier alpha value is -1.09. The fourth-order valence-electron chi connectivity index (χ4n) is 1.41. The molecule has 19 heavy (non-hydrogen) atoms. The molecule has 1 heterocycles. The number of nitrogens with one attached hydrogen (secondary N) is 2. The van der Waals surface area contributed by atoms with Gasteiger partial charge in [0.15, 0.2) is 5.96 Å². The van der Waals surface area contributed by atoms with Gasteiger partial charge in [-0.2, -0.15) is 0 Å². The Balaban J connectivity index is 0.00000324. The van der Waals surface area contributed by atoms with Crippen LogP contribution in [0, 0.1) is 0 Å². The number of halogens is 1. The van der Waals surface area contributed by atoms with Gasteiger partial charge in [-0.1, -0.05) is 6.07 Å². The predicted molar refractivity (Wildman–Crippen MR) is 86.3 cm³/mol. The van der Waals surface area contributed by atoms with E-state index in [1.807, 2.05) is 12.1 Å². The molecule has 0 aliphatic heterocycles. The Morgan fingerprint density at radius 1 is 1.37 bits per heavy atom. The third-order valence-corrected chi connectivity index (χ3v) is 2.31. The second kappa shape index (κ2) is 10.8. The highest BCUT2D eigenvalue weighted by atomic mass is 127. The van der Waals surface area contributed by atoms with E-state index >= 15 is 0 Å². The summed E-state index contributed by atoms with van der Waals surface area (Å²) in [5, 5.41) is 6.31. The lowest BCUT2D eigenvalue weighted by Crippen LogP contribution is -2.38. The Kier molecular flexibility index (Phi) is 10.2. The van der Waals surface area contributed by atoms with Crippen LogP contribution in [0.4, 0.5) is 0 Å². The summed E-state index contributed by atoms with van der Waals surface area (Å²) in [6.45, 7) is 1.95. The SMILES string of the molecule is CN=C(NCCOC)NCc1cccnc1OC.I. The Labute approximate surface area is 131 Å². The number of nitrogens with zero attached hydrogens (tertiary/aromatic N) is 2. The minimum absolute atomic E-state index is 0. The average molecular weight is 380 g/mol. The van der Waals surface area contributed by atoms with E-state index in [1.54, 1.807) is 27.5 Å². The van der Waals surface area contributed by atoms with Crippen LogP contribution in [0.3, 0.4) is 0 Å². The lowest BCUT2D eigenvalue weighted by molar-refractivity contribution is 0.203. The zero-order valence-electron chi connectivity index (χ0n) is 11.5. The zero-order valence-corrected chi connectivity index (χ0v) is 13.8. The van der Waals surface area contributed by atoms with Gasteiger partial charge < -0.3 is 20.1 Å². The van der Waals surface area contributed by atoms with E-state index in [1.165, 1.54) is 0 Å². The van der Waals surface area contributed by atoms with Gasteiger partial charge in [-0.15, -0.1) is 24.0 Å². The summed E-state index contributed by atoms with van der Waals surface area (Å²) >= 11 is 0. The van der Waals surface area contributed by atoms with Crippen molar-refractivity contribution in [3.8, 4) is 5.88 Å². The van der Waals surface area contributed by atoms with Gasteiger partial charge in [0.2, 0.25) is 5.88 Å². The van der Waals surface area contributed by atoms with Crippen LogP contribution in [-0.4, -0.2) is 45.4 Å². The van der Waals surface area contributed by atoms with Gasteiger partial charge in [0.25, 0.3) is 0 Å². The van der Waals surface area contributed by atoms with Gasteiger partial charge in [-0.05, 0) is 6.07 Å². The molecule has 0 atom stereocenters. The van der Waals surface area contributed by atoms with E-state index in [4.69, 9.17) is 9.47 Å². The molecule has 7 heteroatoms. The monoisotopic (exact) mass is 380 g/mol. The lowest BCUT2D eigenvalue weighted by Gasteiger charge is -2.12. The number of guanidine groups is 1. The third-order valence-electron chi connectivity index (χ3n) is 2.31. The molecular formula is C12H21IN4O2. The van der Waals surface area contributed by atoms with E-state index in [-0.39, 0.29) is 24.0 Å². The van der Waals surface area contributed by atoms with Crippen molar-refractivity contribution in [1.82, 2.24) is 15.6 Å². The van der Waals surface area contributed by atoms with Crippen molar-refractivity contribution in [2.45, 2.75) is 6.54 Å². The molecule has 0 unspecified atom stereocenters. The fourth-order valence-corrected chi connectivity index (χ4v) is 1.41. The summed E-state index contributed by atoms with van der Waals surface area (Å²) < 4.78 is 10.1. The van der Waals surface area contributed by atoms with E-state index in [9.17, 15) is 0 Å². The Morgan fingerprint density at radius 2 is 2.16 bits per heavy atom. The zero-order chi connectivity index (χ0) is 13.2. The molecule has 0 saturated carbocycles. The van der Waals surface area contributed by atoms with Crippen LogP contribution in [0.15, 0.2) is 23.3 Å². The molecule has 0 spiro atoms. The number of methoxy groups -OCH3 is 2. The van der Waals surface area contributed by atoms with Crippen LogP contribution in [0.25, 0.3) is 0 Å². The number of hydrogen-bond acceptors (Lipinski definition) is 4. The van der Waals surface area contributed by atoms with Gasteiger partial charge in [-0.25, -0.2) is 4.98 Å². The summed E-state index contributed by atoms with van der Waals surface area (Å²) in [6, 6.07) is 3.84. The second-order valence-corrected chi connectivity index (χ2v) is 3.52. The molecule has 1 aromatic rings. The molecule has 6 nitrogen and oxygen atoms in total. The molecule has 0 aliphatic rings. The third kappa shape index (κ3) is 6.58. The molecule has 0 saturated heterocycles. The average Bonchev–Trinajstić information content (AvgIpc) is 2.43. The minimum Gasteiger partial charge on any atom is -0.481 e. The van der Waals surface area contributed by atoms with Gasteiger partial charge in [0.1, 0.15) is 0 Å². The van der Waals surface area contributed by atoms with Crippen molar-refractivity contribution in [3.05, 3.63) is 23.9 Å². The van der Waals surface area contributed by atoms with E-state index in [0.29, 0.717) is 25.6 Å². The van der Waals surface area contributed by atoms with Crippen molar-refractivity contribution >= 4 is 29.9 Å². The summed E-state index contributed by atoms with van der Waals surface area (Å²) in [7, 11) is 5.00. The summed E-state index contributed by atoms with van der Waals surface area (Å²) in [5.41, 5.74) is 0.981. The number of hydrogen-bond donors (Lipinski definition) is 2. The van der Waals surface area contributed by atoms with Gasteiger partial charge in [0.05, 0.1) is 13.7 Å². The molecule has 0 aromatic carbocycles. The molecule has 1 rings (SSSR count). The predicted octanol–water partition coefficient (Wildman–Crippen LogP) is 1.02. The first-order chi connectivity index (χ1) is 8.81. The molecule has 0 radical (unpaired) electrons. The summed E-state index contributed by atoms with van der Waals surface area (Å²) in [4.78, 5) is 8.24. The van der Waals surface area contributed by atoms with Crippen LogP contribution in [-0.2, 0) is 11.3 Å². The van der Waals surface area contributed by atoms with Crippen LogP contribution < -0.4 is 15.4 Å². The largest absolute Gasteiger partial charge is 0.481 e. The number of rotatable bonds is 6. The van der Waals surface area contributed by atoms with E-state index in [2.05, 4.69) is 20.6 Å². The maximum absolute atomic E-state index is 5.18. The molecule has 0 bridgehead atoms. The number of ether oxygens (including phenoxy) is 2. The van der Waals surface area contributed by atoms with E-state index < -0.39 is 0 Å². The van der Waals surface area contributed by atoms with Crippen LogP contribution >= 0.6 is 24.0 Å². The fraction of sp³-hybridized carbons (Fsp3) is 0.500. The maximum atomic E-state index is 5.18. The highest BCUT2D eigenvalue weighted by Crippen LogP contribution is 2.12. The van der Waals surface area contributed by atoms with Crippen molar-refractivity contribution in [3.63, 3.8) is 0 Å². The molecule has 0 amide bonds. The van der Waals surface area contributed by atoms with Crippen LogP contribution in [0.1, 0.15) is 5.56 Å². The van der Waals surface area contributed by atoms with Crippen LogP contribution in [0.2, 0.25) is 0 Å². The Morgan fingerprint density at radius 3 is 2.79 bits per heavy atom. The van der Waals surface area contributed by atoms with Crippen molar-refractivity contribution in [2.75, 3.05) is 34.4 Å². The summed E-state index contributed by atoms with van der Waals surface area (Å²) in [5.74, 6) is 1.34. The first-order valence-corrected chi connectivity index (χ1v) is 5.73. The molecule has 2 N–H and O–H groups in total. The van der Waals surface area contributed by atoms with Gasteiger partial charge in [0, 0.05) is 39.0 Å². The molecule has 0 fully saturated rings. The van der Waals surface area contributed by atoms with Crippen molar-refractivity contribution < 1.29 is 9.47 Å². The van der Waals surface area contributed by atoms with Crippen molar-refractivity contribution in [1.29, 1.82) is 0 Å². The maximum Gasteiger partial charge on any atom is 0.218 e. The highest BCUT2D eigenvalue weighted by molar-refractivity contribution is 14.0. The van der Waals surface area contributed by atoms with Gasteiger partial charge >= 0.3 is 0 Å². The Bertz CT molecular complexity index is 388. The number of pyridine rings is 1. The standard InChI is InChI=1S/C12H20N4O2.HI/c1-13-12(15-7-8-17-2)16-9-10-5-4-6-14-11(10)18-3;/h4-6H,7-9H2,1-3H3,(H2,13,15,16);1H. The topological polar surface area (TPSA) is 67.8 Å². The highest BCUT2D eigenvalue weighted by Gasteiger charge is 2.04. The smallest absolute Gasteiger partial charge is 0.218 e. The quantitative estimate of drug-likeness (QED) is 0.334. The number of aliphatic imine (C=N–C) groups is 1. The van der Waals surface area contributed by atoms with Gasteiger partial charge in [-0.3, -0.25) is 4.99 Å². The lowest BCUT2D eigenvalue weighted by atomic mass is 10.3. The molecular weight excluding hydrogens is 359 g/mol. The minimum atomic E-state index is 0. The van der Waals surface area contributed by atoms with Crippen LogP contribution in [0.5, 0.6) is 5.88 Å². The van der Waals surface area contributed by atoms with Crippen molar-refractivity contribution in [2.24, 2.45) is 4.99 Å².